The van der Waals surface area contributed by atoms with Crippen molar-refractivity contribution in [3.05, 3.63) is 65.3 Å². The highest BCUT2D eigenvalue weighted by Crippen LogP contribution is 2.34. The van der Waals surface area contributed by atoms with Crippen LogP contribution in [-0.2, 0) is 16.1 Å². The monoisotopic (exact) mass is 370 g/mol. The van der Waals surface area contributed by atoms with Crippen molar-refractivity contribution in [3.8, 4) is 5.75 Å². The van der Waals surface area contributed by atoms with Crippen LogP contribution in [-0.4, -0.2) is 18.1 Å². The highest BCUT2D eigenvalue weighted by Gasteiger charge is 2.34. The van der Waals surface area contributed by atoms with E-state index in [-0.39, 0.29) is 18.7 Å². The minimum Gasteiger partial charge on any atom is -0.491 e. The summed E-state index contributed by atoms with van der Waals surface area (Å²) in [5.74, 6) is 0.596. The van der Waals surface area contributed by atoms with Crippen LogP contribution in [0.3, 0.4) is 0 Å². The molecule has 0 radical (unpaired) electrons. The molecule has 1 aliphatic rings. The van der Waals surface area contributed by atoms with E-state index in [1.54, 1.807) is 19.1 Å². The number of allylic oxidation sites excluding steroid dienone is 1. The number of ether oxygens (including phenoxy) is 2. The SMILES string of the molecule is CC1=C(C(=O)OCc2ccco2)[C@H](c2ccccc2OC(C)C)NC(=O)N1. The van der Waals surface area contributed by atoms with Crippen molar-refractivity contribution in [2.75, 3.05) is 0 Å². The van der Waals surface area contributed by atoms with Crippen LogP contribution in [0, 0.1) is 0 Å². The van der Waals surface area contributed by atoms with E-state index in [1.165, 1.54) is 6.26 Å². The number of para-hydroxylation sites is 1. The molecule has 27 heavy (non-hydrogen) atoms. The van der Waals surface area contributed by atoms with Gasteiger partial charge in [0, 0.05) is 11.3 Å². The Morgan fingerprint density at radius 1 is 1.22 bits per heavy atom. The Morgan fingerprint density at radius 2 is 2.00 bits per heavy atom. The van der Waals surface area contributed by atoms with Crippen LogP contribution < -0.4 is 15.4 Å². The molecule has 3 rings (SSSR count). The van der Waals surface area contributed by atoms with Crippen molar-refractivity contribution in [2.45, 2.75) is 39.5 Å². The lowest BCUT2D eigenvalue weighted by Crippen LogP contribution is -2.45. The minimum atomic E-state index is -0.683. The van der Waals surface area contributed by atoms with Gasteiger partial charge in [-0.2, -0.15) is 0 Å². The van der Waals surface area contributed by atoms with Crippen molar-refractivity contribution in [3.63, 3.8) is 0 Å². The zero-order chi connectivity index (χ0) is 19.4. The minimum absolute atomic E-state index is 0.00736. The van der Waals surface area contributed by atoms with Gasteiger partial charge in [0.05, 0.1) is 24.0 Å². The molecule has 0 spiro atoms. The van der Waals surface area contributed by atoms with Crippen LogP contribution in [0.5, 0.6) is 5.75 Å². The summed E-state index contributed by atoms with van der Waals surface area (Å²) in [7, 11) is 0. The van der Waals surface area contributed by atoms with E-state index in [2.05, 4.69) is 10.6 Å². The fourth-order valence-corrected chi connectivity index (χ4v) is 2.89. The highest BCUT2D eigenvalue weighted by molar-refractivity contribution is 5.95. The van der Waals surface area contributed by atoms with Gasteiger partial charge in [0.25, 0.3) is 0 Å². The van der Waals surface area contributed by atoms with Gasteiger partial charge >= 0.3 is 12.0 Å². The van der Waals surface area contributed by atoms with Gasteiger partial charge in [-0.05, 0) is 39.0 Å². The largest absolute Gasteiger partial charge is 0.491 e. The quantitative estimate of drug-likeness (QED) is 0.760. The van der Waals surface area contributed by atoms with E-state index < -0.39 is 12.0 Å². The number of hydrogen-bond donors (Lipinski definition) is 2. The molecule has 2 heterocycles. The van der Waals surface area contributed by atoms with Gasteiger partial charge in [-0.15, -0.1) is 0 Å². The van der Waals surface area contributed by atoms with Crippen molar-refractivity contribution in [2.24, 2.45) is 0 Å². The van der Waals surface area contributed by atoms with Crippen LogP contribution in [0.25, 0.3) is 0 Å². The molecule has 7 heteroatoms. The maximum absolute atomic E-state index is 12.8. The molecule has 0 bridgehead atoms. The third-order valence-electron chi connectivity index (χ3n) is 4.01. The van der Waals surface area contributed by atoms with E-state index in [9.17, 15) is 9.59 Å². The van der Waals surface area contributed by atoms with Crippen LogP contribution >= 0.6 is 0 Å². The molecule has 142 valence electrons. The first kappa shape index (κ1) is 18.6. The van der Waals surface area contributed by atoms with E-state index in [1.807, 2.05) is 38.1 Å². The summed E-state index contributed by atoms with van der Waals surface area (Å²) in [5, 5.41) is 5.42. The number of hydrogen-bond acceptors (Lipinski definition) is 5. The molecule has 2 aromatic rings. The maximum Gasteiger partial charge on any atom is 0.338 e. The number of amides is 2. The number of rotatable bonds is 6. The van der Waals surface area contributed by atoms with E-state index in [0.29, 0.717) is 28.3 Å². The first-order valence-electron chi connectivity index (χ1n) is 8.69. The summed E-state index contributed by atoms with van der Waals surface area (Å²) in [6, 6.07) is 9.67. The topological polar surface area (TPSA) is 89.8 Å². The van der Waals surface area contributed by atoms with Crippen LogP contribution in [0.1, 0.15) is 38.1 Å². The second kappa shape index (κ2) is 7.99. The molecule has 2 amide bonds. The highest BCUT2D eigenvalue weighted by atomic mass is 16.5. The average Bonchev–Trinajstić information content (AvgIpc) is 3.12. The standard InChI is InChI=1S/C20H22N2O5/c1-12(2)27-16-9-5-4-8-15(16)18-17(13(3)21-20(24)22-18)19(23)26-11-14-7-6-10-25-14/h4-10,12,18H,11H2,1-3H3,(H2,21,22,24)/t18-/m0/s1. The molecule has 0 saturated carbocycles. The lowest BCUT2D eigenvalue weighted by atomic mass is 9.95. The molecule has 0 fully saturated rings. The third-order valence-corrected chi connectivity index (χ3v) is 4.01. The lowest BCUT2D eigenvalue weighted by Gasteiger charge is -2.29. The molecule has 1 atom stereocenters. The Balaban J connectivity index is 1.91. The molecule has 1 aromatic heterocycles. The number of nitrogens with one attached hydrogen (secondary N) is 2. The van der Waals surface area contributed by atoms with Crippen molar-refractivity contribution < 1.29 is 23.5 Å². The first-order valence-corrected chi connectivity index (χ1v) is 8.69. The van der Waals surface area contributed by atoms with Gasteiger partial charge < -0.3 is 24.5 Å². The molecule has 0 saturated heterocycles. The summed E-state index contributed by atoms with van der Waals surface area (Å²) >= 11 is 0. The Kier molecular flexibility index (Phi) is 5.49. The predicted octanol–water partition coefficient (Wildman–Crippen LogP) is 3.44. The van der Waals surface area contributed by atoms with Crippen molar-refractivity contribution in [1.29, 1.82) is 0 Å². The molecule has 1 aliphatic heterocycles. The Bertz CT molecular complexity index is 855. The normalized spacial score (nSPS) is 16.7. The van der Waals surface area contributed by atoms with E-state index in [0.717, 1.165) is 0 Å². The van der Waals surface area contributed by atoms with Crippen LogP contribution in [0.4, 0.5) is 4.79 Å². The van der Waals surface area contributed by atoms with Crippen LogP contribution in [0.2, 0.25) is 0 Å². The molecular formula is C20H22N2O5. The van der Waals surface area contributed by atoms with E-state index >= 15 is 0 Å². The second-order valence-electron chi connectivity index (χ2n) is 6.43. The first-order chi connectivity index (χ1) is 13.0. The fraction of sp³-hybridized carbons (Fsp3) is 0.300. The molecule has 0 aliphatic carbocycles. The molecule has 1 aromatic carbocycles. The second-order valence-corrected chi connectivity index (χ2v) is 6.43. The Hall–Kier alpha value is -3.22. The van der Waals surface area contributed by atoms with Gasteiger partial charge in [-0.25, -0.2) is 9.59 Å². The summed E-state index contributed by atoms with van der Waals surface area (Å²) in [5.41, 5.74) is 1.44. The average molecular weight is 370 g/mol. The molecule has 7 nitrogen and oxygen atoms in total. The number of benzene rings is 1. The predicted molar refractivity (Wildman–Crippen MR) is 97.8 cm³/mol. The summed E-state index contributed by atoms with van der Waals surface area (Å²) in [6.45, 7) is 5.50. The van der Waals surface area contributed by atoms with Crippen LogP contribution in [0.15, 0.2) is 58.3 Å². The number of carbonyl (C=O) groups is 2. The zero-order valence-corrected chi connectivity index (χ0v) is 15.4. The molecule has 0 unspecified atom stereocenters. The number of esters is 1. The molecular weight excluding hydrogens is 348 g/mol. The van der Waals surface area contributed by atoms with Gasteiger partial charge in [0.1, 0.15) is 18.1 Å². The fourth-order valence-electron chi connectivity index (χ4n) is 2.89. The van der Waals surface area contributed by atoms with Crippen molar-refractivity contribution in [1.82, 2.24) is 10.6 Å². The molecule has 2 N–H and O–H groups in total. The van der Waals surface area contributed by atoms with Gasteiger partial charge in [0.15, 0.2) is 0 Å². The summed E-state index contributed by atoms with van der Waals surface area (Å²) in [4.78, 5) is 24.8. The van der Waals surface area contributed by atoms with E-state index in [4.69, 9.17) is 13.9 Å². The van der Waals surface area contributed by atoms with Gasteiger partial charge in [0.2, 0.25) is 0 Å². The van der Waals surface area contributed by atoms with Gasteiger partial charge in [-0.1, -0.05) is 18.2 Å². The Morgan fingerprint density at radius 3 is 2.70 bits per heavy atom. The number of furan rings is 1. The van der Waals surface area contributed by atoms with Crippen molar-refractivity contribution >= 4 is 12.0 Å². The summed E-state index contributed by atoms with van der Waals surface area (Å²) in [6.07, 6.45) is 1.46. The maximum atomic E-state index is 12.8. The summed E-state index contributed by atoms with van der Waals surface area (Å²) < 4.78 is 16.4. The third kappa shape index (κ3) is 4.31. The lowest BCUT2D eigenvalue weighted by molar-refractivity contribution is -0.141. The number of urea groups is 1. The van der Waals surface area contributed by atoms with Gasteiger partial charge in [-0.3, -0.25) is 0 Å². The smallest absolute Gasteiger partial charge is 0.338 e. The number of carbonyl (C=O) groups excluding carboxylic acids is 2. The zero-order valence-electron chi connectivity index (χ0n) is 15.4. The Labute approximate surface area is 157 Å².